The monoisotopic (exact) mass is 368 g/mol. The molecule has 1 aliphatic heterocycles. The van der Waals surface area contributed by atoms with Crippen LogP contribution in [-0.2, 0) is 11.3 Å². The molecule has 1 unspecified atom stereocenters. The highest BCUT2D eigenvalue weighted by molar-refractivity contribution is 5.91. The molecule has 0 saturated carbocycles. The summed E-state index contributed by atoms with van der Waals surface area (Å²) in [6.45, 7) is 0.703. The van der Waals surface area contributed by atoms with Gasteiger partial charge >= 0.3 is 18.2 Å². The molecule has 0 aliphatic carbocycles. The number of imidazole rings is 1. The van der Waals surface area contributed by atoms with Gasteiger partial charge in [0, 0.05) is 25.5 Å². The summed E-state index contributed by atoms with van der Waals surface area (Å²) in [4.78, 5) is 28.9. The van der Waals surface area contributed by atoms with Gasteiger partial charge in [0.1, 0.15) is 0 Å². The molecule has 26 heavy (non-hydrogen) atoms. The first-order valence-electron chi connectivity index (χ1n) is 7.65. The van der Waals surface area contributed by atoms with E-state index in [1.807, 2.05) is 5.32 Å². The molecule has 0 bridgehead atoms. The number of hydrogen-bond acceptors (Lipinski definition) is 4. The predicted octanol–water partition coefficient (Wildman–Crippen LogP) is 2.50. The van der Waals surface area contributed by atoms with Gasteiger partial charge in [-0.15, -0.1) is 0 Å². The zero-order valence-electron chi connectivity index (χ0n) is 13.7. The molecule has 2 heterocycles. The Balaban J connectivity index is 1.81. The molecular formula is C16H15F3N4O3. The summed E-state index contributed by atoms with van der Waals surface area (Å²) in [6, 6.07) is 1.59. The van der Waals surface area contributed by atoms with Gasteiger partial charge in [-0.1, -0.05) is 12.1 Å². The number of fused-ring (bicyclic) bond motifs is 1. The van der Waals surface area contributed by atoms with Gasteiger partial charge in [-0.25, -0.2) is 14.6 Å². The lowest BCUT2D eigenvalue weighted by molar-refractivity contribution is -0.154. The summed E-state index contributed by atoms with van der Waals surface area (Å²) >= 11 is 0. The van der Waals surface area contributed by atoms with Crippen LogP contribution in [0.5, 0.6) is 0 Å². The molecule has 1 aliphatic rings. The van der Waals surface area contributed by atoms with Crippen molar-refractivity contribution in [2.45, 2.75) is 18.8 Å². The third-order valence-electron chi connectivity index (χ3n) is 4.00. The Labute approximate surface area is 146 Å². The minimum absolute atomic E-state index is 0.116. The summed E-state index contributed by atoms with van der Waals surface area (Å²) < 4.78 is 46.6. The minimum Gasteiger partial charge on any atom is -0.465 e. The Bertz CT molecular complexity index is 817. The minimum atomic E-state index is -4.71. The van der Waals surface area contributed by atoms with E-state index in [1.54, 1.807) is 10.8 Å². The molecule has 1 aromatic heterocycles. The molecule has 138 valence electrons. The number of urea groups is 1. The van der Waals surface area contributed by atoms with E-state index >= 15 is 0 Å². The molecule has 0 radical (unpaired) electrons. The van der Waals surface area contributed by atoms with Crippen LogP contribution in [0.2, 0.25) is 0 Å². The van der Waals surface area contributed by atoms with Crippen molar-refractivity contribution in [3.8, 4) is 0 Å². The number of hydrogen-bond donors (Lipinski definition) is 1. The number of benzene rings is 1. The Morgan fingerprint density at radius 1 is 1.23 bits per heavy atom. The summed E-state index contributed by atoms with van der Waals surface area (Å²) in [5.41, 5.74) is -0.0777. The molecular weight excluding hydrogens is 353 g/mol. The topological polar surface area (TPSA) is 76.5 Å². The van der Waals surface area contributed by atoms with E-state index in [2.05, 4.69) is 9.72 Å². The number of carbonyl (C=O) groups is 2. The Kier molecular flexibility index (Phi) is 4.58. The number of anilines is 1. The lowest BCUT2D eigenvalue weighted by Gasteiger charge is -2.24. The highest BCUT2D eigenvalue weighted by atomic mass is 19.4. The molecule has 0 fully saturated rings. The Hall–Kier alpha value is -3.04. The van der Waals surface area contributed by atoms with E-state index in [0.29, 0.717) is 12.5 Å². The van der Waals surface area contributed by atoms with Crippen molar-refractivity contribution in [1.29, 1.82) is 0 Å². The van der Waals surface area contributed by atoms with Crippen LogP contribution >= 0.6 is 0 Å². The number of halogens is 3. The molecule has 2 amide bonds. The molecule has 0 saturated heterocycles. The predicted molar refractivity (Wildman–Crippen MR) is 84.7 cm³/mol. The molecule has 3 rings (SSSR count). The fourth-order valence-corrected chi connectivity index (χ4v) is 2.71. The number of aromatic nitrogens is 2. The normalized spacial score (nSPS) is 14.7. The number of esters is 1. The van der Waals surface area contributed by atoms with Gasteiger partial charge < -0.3 is 14.6 Å². The second kappa shape index (κ2) is 6.70. The number of rotatable bonds is 3. The molecule has 1 atom stereocenters. The van der Waals surface area contributed by atoms with E-state index in [4.69, 9.17) is 0 Å². The van der Waals surface area contributed by atoms with Crippen LogP contribution in [0.1, 0.15) is 22.0 Å². The summed E-state index contributed by atoms with van der Waals surface area (Å²) in [7, 11) is 1.18. The zero-order chi connectivity index (χ0) is 18.9. The maximum absolute atomic E-state index is 13.5. The van der Waals surface area contributed by atoms with Gasteiger partial charge in [-0.3, -0.25) is 4.90 Å². The first-order valence-corrected chi connectivity index (χ1v) is 7.65. The van der Waals surface area contributed by atoms with Crippen molar-refractivity contribution in [3.63, 3.8) is 0 Å². The maximum atomic E-state index is 13.5. The highest BCUT2D eigenvalue weighted by Crippen LogP contribution is 2.33. The molecule has 7 nitrogen and oxygen atoms in total. The number of alkyl halides is 3. The van der Waals surface area contributed by atoms with Gasteiger partial charge in [0.05, 0.1) is 12.7 Å². The summed E-state index contributed by atoms with van der Waals surface area (Å²) in [5, 5.41) is 2.00. The summed E-state index contributed by atoms with van der Waals surface area (Å²) in [6.07, 6.45) is -1.59. The van der Waals surface area contributed by atoms with Crippen LogP contribution in [-0.4, -0.2) is 41.4 Å². The number of carbonyl (C=O) groups excluding carboxylic acids is 2. The SMILES string of the molecule is COC(=O)c1ccc(C(NC(=O)N2CCn3ccnc32)C(F)(F)F)cc1. The van der Waals surface area contributed by atoms with Gasteiger partial charge in [0.25, 0.3) is 0 Å². The van der Waals surface area contributed by atoms with Gasteiger partial charge in [0.2, 0.25) is 5.95 Å². The van der Waals surface area contributed by atoms with E-state index < -0.39 is 24.2 Å². The van der Waals surface area contributed by atoms with Crippen molar-refractivity contribution in [2.24, 2.45) is 0 Å². The van der Waals surface area contributed by atoms with Crippen molar-refractivity contribution < 1.29 is 27.5 Å². The zero-order valence-corrected chi connectivity index (χ0v) is 13.7. The number of nitrogens with zero attached hydrogens (tertiary/aromatic N) is 3. The average Bonchev–Trinajstić information content (AvgIpc) is 3.21. The van der Waals surface area contributed by atoms with Crippen LogP contribution in [0.3, 0.4) is 0 Å². The van der Waals surface area contributed by atoms with E-state index in [-0.39, 0.29) is 17.7 Å². The largest absolute Gasteiger partial charge is 0.465 e. The second-order valence-electron chi connectivity index (χ2n) is 5.61. The second-order valence-corrected chi connectivity index (χ2v) is 5.61. The number of ether oxygens (including phenoxy) is 1. The fraction of sp³-hybridized carbons (Fsp3) is 0.312. The van der Waals surface area contributed by atoms with E-state index in [1.165, 1.54) is 25.4 Å². The average molecular weight is 368 g/mol. The number of nitrogens with one attached hydrogen (secondary N) is 1. The van der Waals surface area contributed by atoms with Gasteiger partial charge in [0.15, 0.2) is 6.04 Å². The van der Waals surface area contributed by atoms with Gasteiger partial charge in [-0.2, -0.15) is 13.2 Å². The number of amides is 2. The molecule has 10 heteroatoms. The smallest absolute Gasteiger partial charge is 0.412 e. The van der Waals surface area contributed by atoms with Crippen molar-refractivity contribution in [1.82, 2.24) is 14.9 Å². The highest BCUT2D eigenvalue weighted by Gasteiger charge is 2.43. The van der Waals surface area contributed by atoms with E-state index in [0.717, 1.165) is 17.0 Å². The van der Waals surface area contributed by atoms with Crippen LogP contribution < -0.4 is 10.2 Å². The lowest BCUT2D eigenvalue weighted by atomic mass is 10.0. The van der Waals surface area contributed by atoms with Crippen LogP contribution in [0, 0.1) is 0 Å². The fourth-order valence-electron chi connectivity index (χ4n) is 2.71. The quantitative estimate of drug-likeness (QED) is 0.845. The first kappa shape index (κ1) is 17.8. The third-order valence-corrected chi connectivity index (χ3v) is 4.00. The van der Waals surface area contributed by atoms with Gasteiger partial charge in [-0.05, 0) is 17.7 Å². The molecule has 2 aromatic rings. The van der Waals surface area contributed by atoms with Crippen molar-refractivity contribution >= 4 is 17.9 Å². The first-order chi connectivity index (χ1) is 12.3. The van der Waals surface area contributed by atoms with Crippen molar-refractivity contribution in [2.75, 3.05) is 18.6 Å². The third kappa shape index (κ3) is 3.35. The molecule has 0 spiro atoms. The van der Waals surface area contributed by atoms with Crippen LogP contribution in [0.25, 0.3) is 0 Å². The standard InChI is InChI=1S/C16H15F3N4O3/c1-26-13(24)11-4-2-10(3-5-11)12(16(17,18)19)21-15(25)23-9-8-22-7-6-20-14(22)23/h2-7,12H,8-9H2,1H3,(H,21,25). The Morgan fingerprint density at radius 3 is 2.54 bits per heavy atom. The van der Waals surface area contributed by atoms with Crippen LogP contribution in [0.15, 0.2) is 36.7 Å². The molecule has 1 N–H and O–H groups in total. The van der Waals surface area contributed by atoms with Crippen molar-refractivity contribution in [3.05, 3.63) is 47.8 Å². The lowest BCUT2D eigenvalue weighted by Crippen LogP contribution is -2.45. The van der Waals surface area contributed by atoms with E-state index in [9.17, 15) is 22.8 Å². The Morgan fingerprint density at radius 2 is 1.92 bits per heavy atom. The maximum Gasteiger partial charge on any atom is 0.412 e. The molecule has 1 aromatic carbocycles. The van der Waals surface area contributed by atoms with Crippen LogP contribution in [0.4, 0.5) is 23.9 Å². The summed E-state index contributed by atoms with van der Waals surface area (Å²) in [5.74, 6) is -0.363. The number of methoxy groups -OCH3 is 1.